The van der Waals surface area contributed by atoms with E-state index in [9.17, 15) is 4.79 Å². The number of nitrogens with one attached hydrogen (secondary N) is 1. The van der Waals surface area contributed by atoms with Gasteiger partial charge in [-0.3, -0.25) is 4.79 Å². The number of ether oxygens (including phenoxy) is 1. The van der Waals surface area contributed by atoms with Gasteiger partial charge in [0.15, 0.2) is 5.78 Å². The predicted octanol–water partition coefficient (Wildman–Crippen LogP) is 2.67. The molecule has 17 heavy (non-hydrogen) atoms. The zero-order chi connectivity index (χ0) is 12.3. The second-order valence-corrected chi connectivity index (χ2v) is 4.68. The maximum atomic E-state index is 12.2. The van der Waals surface area contributed by atoms with Crippen molar-refractivity contribution in [1.29, 1.82) is 0 Å². The fourth-order valence-corrected chi connectivity index (χ4v) is 2.32. The zero-order valence-electron chi connectivity index (χ0n) is 9.83. The van der Waals surface area contributed by atoms with Crippen LogP contribution in [0.5, 0.6) is 5.75 Å². The van der Waals surface area contributed by atoms with E-state index in [1.807, 2.05) is 0 Å². The summed E-state index contributed by atoms with van der Waals surface area (Å²) in [4.78, 5) is 12.2. The van der Waals surface area contributed by atoms with Crippen molar-refractivity contribution in [1.82, 2.24) is 5.32 Å². The van der Waals surface area contributed by atoms with Gasteiger partial charge in [0.1, 0.15) is 5.75 Å². The molecule has 4 heteroatoms. The van der Waals surface area contributed by atoms with Gasteiger partial charge in [0.05, 0.1) is 13.2 Å². The summed E-state index contributed by atoms with van der Waals surface area (Å²) in [5, 5.41) is 3.77. The standard InChI is InChI=1S/C13H16ClNO2/c1-17-11-7-9(6-10(14)8-11)13(16)12-4-2-3-5-15-12/h6-8,12,15H,2-5H2,1H3/t12-/m0/s1. The fourth-order valence-electron chi connectivity index (χ4n) is 2.10. The second-order valence-electron chi connectivity index (χ2n) is 4.25. The Bertz CT molecular complexity index is 414. The van der Waals surface area contributed by atoms with Crippen LogP contribution in [0.4, 0.5) is 0 Å². The molecular weight excluding hydrogens is 238 g/mol. The molecule has 0 unspecified atom stereocenters. The molecule has 1 aliphatic heterocycles. The number of hydrogen-bond donors (Lipinski definition) is 1. The van der Waals surface area contributed by atoms with E-state index >= 15 is 0 Å². The molecule has 0 radical (unpaired) electrons. The summed E-state index contributed by atoms with van der Waals surface area (Å²) in [6, 6.07) is 5.06. The van der Waals surface area contributed by atoms with Crippen LogP contribution in [0.15, 0.2) is 18.2 Å². The van der Waals surface area contributed by atoms with Gasteiger partial charge in [0, 0.05) is 10.6 Å². The van der Waals surface area contributed by atoms with E-state index in [1.54, 1.807) is 25.3 Å². The third-order valence-corrected chi connectivity index (χ3v) is 3.24. The van der Waals surface area contributed by atoms with Crippen molar-refractivity contribution in [2.45, 2.75) is 25.3 Å². The molecule has 1 aromatic carbocycles. The lowest BCUT2D eigenvalue weighted by Gasteiger charge is -2.22. The van der Waals surface area contributed by atoms with E-state index in [0.717, 1.165) is 25.8 Å². The van der Waals surface area contributed by atoms with Gasteiger partial charge in [-0.15, -0.1) is 0 Å². The topological polar surface area (TPSA) is 38.3 Å². The van der Waals surface area contributed by atoms with Crippen molar-refractivity contribution < 1.29 is 9.53 Å². The third kappa shape index (κ3) is 2.99. The van der Waals surface area contributed by atoms with Crippen LogP contribution in [-0.2, 0) is 0 Å². The highest BCUT2D eigenvalue weighted by Gasteiger charge is 2.22. The van der Waals surface area contributed by atoms with E-state index in [-0.39, 0.29) is 11.8 Å². The minimum Gasteiger partial charge on any atom is -0.497 e. The molecule has 1 heterocycles. The van der Waals surface area contributed by atoms with E-state index < -0.39 is 0 Å². The van der Waals surface area contributed by atoms with Crippen molar-refractivity contribution in [3.05, 3.63) is 28.8 Å². The molecule has 1 N–H and O–H groups in total. The lowest BCUT2D eigenvalue weighted by molar-refractivity contribution is 0.0927. The predicted molar refractivity (Wildman–Crippen MR) is 68.0 cm³/mol. The molecular formula is C13H16ClNO2. The summed E-state index contributed by atoms with van der Waals surface area (Å²) >= 11 is 5.96. The van der Waals surface area contributed by atoms with Gasteiger partial charge in [-0.2, -0.15) is 0 Å². The van der Waals surface area contributed by atoms with Crippen molar-refractivity contribution in [2.24, 2.45) is 0 Å². The van der Waals surface area contributed by atoms with Crippen LogP contribution in [-0.4, -0.2) is 25.5 Å². The maximum Gasteiger partial charge on any atom is 0.179 e. The summed E-state index contributed by atoms with van der Waals surface area (Å²) in [7, 11) is 1.57. The lowest BCUT2D eigenvalue weighted by atomic mass is 9.96. The smallest absolute Gasteiger partial charge is 0.179 e. The van der Waals surface area contributed by atoms with Crippen LogP contribution >= 0.6 is 11.6 Å². The summed E-state index contributed by atoms with van der Waals surface area (Å²) in [5.41, 5.74) is 0.619. The van der Waals surface area contributed by atoms with E-state index in [1.165, 1.54) is 0 Å². The van der Waals surface area contributed by atoms with Gasteiger partial charge in [-0.25, -0.2) is 0 Å². The number of benzene rings is 1. The average Bonchev–Trinajstić information content (AvgIpc) is 2.38. The molecule has 3 nitrogen and oxygen atoms in total. The van der Waals surface area contributed by atoms with Crippen molar-refractivity contribution in [2.75, 3.05) is 13.7 Å². The van der Waals surface area contributed by atoms with Crippen molar-refractivity contribution in [3.63, 3.8) is 0 Å². The molecule has 0 aliphatic carbocycles. The molecule has 1 atom stereocenters. The SMILES string of the molecule is COc1cc(Cl)cc(C(=O)[C@@H]2CCCCN2)c1. The minimum absolute atomic E-state index is 0.0769. The summed E-state index contributed by atoms with van der Waals surface area (Å²) in [6.07, 6.45) is 3.14. The second kappa shape index (κ2) is 5.52. The molecule has 0 aromatic heterocycles. The first-order valence-corrected chi connectivity index (χ1v) is 6.20. The number of halogens is 1. The molecule has 0 bridgehead atoms. The Morgan fingerprint density at radius 3 is 2.88 bits per heavy atom. The van der Waals surface area contributed by atoms with Crippen LogP contribution in [0.3, 0.4) is 0 Å². The Morgan fingerprint density at radius 2 is 2.24 bits per heavy atom. The first-order valence-electron chi connectivity index (χ1n) is 5.83. The van der Waals surface area contributed by atoms with Gasteiger partial charge < -0.3 is 10.1 Å². The van der Waals surface area contributed by atoms with E-state index in [2.05, 4.69) is 5.32 Å². The molecule has 0 amide bonds. The summed E-state index contributed by atoms with van der Waals surface area (Å²) in [5.74, 6) is 0.724. The summed E-state index contributed by atoms with van der Waals surface area (Å²) < 4.78 is 5.12. The molecule has 1 saturated heterocycles. The Balaban J connectivity index is 2.20. The molecule has 1 aliphatic rings. The number of rotatable bonds is 3. The van der Waals surface area contributed by atoms with Crippen LogP contribution in [0.1, 0.15) is 29.6 Å². The van der Waals surface area contributed by atoms with Crippen LogP contribution in [0.25, 0.3) is 0 Å². The molecule has 92 valence electrons. The number of methoxy groups -OCH3 is 1. The number of carbonyl (C=O) groups is 1. The van der Waals surface area contributed by atoms with Gasteiger partial charge in [-0.1, -0.05) is 18.0 Å². The first-order chi connectivity index (χ1) is 8.20. The maximum absolute atomic E-state index is 12.2. The number of carbonyl (C=O) groups excluding carboxylic acids is 1. The van der Waals surface area contributed by atoms with E-state index in [0.29, 0.717) is 16.3 Å². The highest BCUT2D eigenvalue weighted by Crippen LogP contribution is 2.23. The average molecular weight is 254 g/mol. The molecule has 0 saturated carbocycles. The summed E-state index contributed by atoms with van der Waals surface area (Å²) in [6.45, 7) is 0.911. The van der Waals surface area contributed by atoms with Crippen LogP contribution < -0.4 is 10.1 Å². The van der Waals surface area contributed by atoms with E-state index in [4.69, 9.17) is 16.3 Å². The highest BCUT2D eigenvalue weighted by molar-refractivity contribution is 6.31. The number of hydrogen-bond acceptors (Lipinski definition) is 3. The largest absolute Gasteiger partial charge is 0.497 e. The molecule has 1 aromatic rings. The fraction of sp³-hybridized carbons (Fsp3) is 0.462. The monoisotopic (exact) mass is 253 g/mol. The van der Waals surface area contributed by atoms with Crippen LogP contribution in [0, 0.1) is 0 Å². The first kappa shape index (κ1) is 12.4. The third-order valence-electron chi connectivity index (χ3n) is 3.02. The Morgan fingerprint density at radius 1 is 1.41 bits per heavy atom. The number of ketones is 1. The number of Topliss-reactive ketones (excluding diaryl/α,β-unsaturated/α-hetero) is 1. The van der Waals surface area contributed by atoms with Gasteiger partial charge in [-0.05, 0) is 37.6 Å². The van der Waals surface area contributed by atoms with Crippen LogP contribution in [0.2, 0.25) is 5.02 Å². The Labute approximate surface area is 106 Å². The number of piperidine rings is 1. The molecule has 2 rings (SSSR count). The minimum atomic E-state index is -0.0769. The zero-order valence-corrected chi connectivity index (χ0v) is 10.6. The Hall–Kier alpha value is -1.06. The van der Waals surface area contributed by atoms with Gasteiger partial charge in [0.2, 0.25) is 0 Å². The van der Waals surface area contributed by atoms with Gasteiger partial charge in [0.25, 0.3) is 0 Å². The van der Waals surface area contributed by atoms with Gasteiger partial charge >= 0.3 is 0 Å². The Kier molecular flexibility index (Phi) is 4.02. The van der Waals surface area contributed by atoms with Crippen molar-refractivity contribution >= 4 is 17.4 Å². The normalized spacial score (nSPS) is 20.0. The molecule has 1 fully saturated rings. The molecule has 0 spiro atoms. The van der Waals surface area contributed by atoms with Crippen molar-refractivity contribution in [3.8, 4) is 5.75 Å². The quantitative estimate of drug-likeness (QED) is 0.842. The highest BCUT2D eigenvalue weighted by atomic mass is 35.5. The lowest BCUT2D eigenvalue weighted by Crippen LogP contribution is -2.40.